The number of rotatable bonds is 9. The largest absolute Gasteiger partial charge is 0.379 e. The third kappa shape index (κ3) is 5.31. The van der Waals surface area contributed by atoms with Crippen LogP contribution in [0.4, 0.5) is 0 Å². The molecule has 7 heteroatoms. The average Bonchev–Trinajstić information content (AvgIpc) is 3.04. The first-order valence-corrected chi connectivity index (χ1v) is 10.7. The topological polar surface area (TPSA) is 73.2 Å². The molecule has 0 fully saturated rings. The Morgan fingerprint density at radius 1 is 1.28 bits per heavy atom. The summed E-state index contributed by atoms with van der Waals surface area (Å²) in [6.45, 7) is 7.48. The molecule has 0 aliphatic heterocycles. The Morgan fingerprint density at radius 3 is 2.76 bits per heavy atom. The summed E-state index contributed by atoms with van der Waals surface area (Å²) in [5, 5.41) is 3.50. The van der Waals surface area contributed by atoms with Crippen molar-refractivity contribution in [2.24, 2.45) is 0 Å². The van der Waals surface area contributed by atoms with Crippen LogP contribution in [0.5, 0.6) is 0 Å². The van der Waals surface area contributed by atoms with Gasteiger partial charge in [0.05, 0.1) is 17.8 Å². The second kappa shape index (κ2) is 9.80. The van der Waals surface area contributed by atoms with Crippen LogP contribution in [-0.2, 0) is 16.1 Å². The van der Waals surface area contributed by atoms with Crippen LogP contribution in [0.1, 0.15) is 31.6 Å². The maximum absolute atomic E-state index is 13.1. The minimum absolute atomic E-state index is 0.0775. The molecule has 6 nitrogen and oxygen atoms in total. The van der Waals surface area contributed by atoms with E-state index in [9.17, 15) is 9.59 Å². The molecule has 0 bridgehead atoms. The number of carbonyl (C=O) groups excluding carboxylic acids is 1. The summed E-state index contributed by atoms with van der Waals surface area (Å²) in [7, 11) is 0. The number of fused-ring (bicyclic) bond motifs is 1. The number of nitrogens with zero attached hydrogens (tertiary/aromatic N) is 2. The van der Waals surface area contributed by atoms with E-state index in [2.05, 4.69) is 10.3 Å². The van der Waals surface area contributed by atoms with E-state index in [1.165, 1.54) is 15.9 Å². The van der Waals surface area contributed by atoms with Gasteiger partial charge in [0.25, 0.3) is 5.56 Å². The van der Waals surface area contributed by atoms with Gasteiger partial charge in [0.1, 0.15) is 4.83 Å². The van der Waals surface area contributed by atoms with Crippen LogP contribution in [0, 0.1) is 6.92 Å². The second-order valence-corrected chi connectivity index (χ2v) is 8.40. The van der Waals surface area contributed by atoms with E-state index in [-0.39, 0.29) is 24.0 Å². The van der Waals surface area contributed by atoms with Crippen LogP contribution >= 0.6 is 11.3 Å². The Hall–Kier alpha value is -2.51. The van der Waals surface area contributed by atoms with Gasteiger partial charge < -0.3 is 10.1 Å². The lowest BCUT2D eigenvalue weighted by Gasteiger charge is -2.09. The summed E-state index contributed by atoms with van der Waals surface area (Å²) >= 11 is 1.52. The number of carbonyl (C=O) groups is 1. The van der Waals surface area contributed by atoms with E-state index in [0.29, 0.717) is 25.1 Å². The van der Waals surface area contributed by atoms with Crippen LogP contribution in [0.3, 0.4) is 0 Å². The van der Waals surface area contributed by atoms with E-state index in [4.69, 9.17) is 4.74 Å². The zero-order valence-electron chi connectivity index (χ0n) is 17.1. The molecule has 3 rings (SSSR count). The highest BCUT2D eigenvalue weighted by molar-refractivity contribution is 7.19. The fraction of sp³-hybridized carbons (Fsp3) is 0.409. The molecule has 0 radical (unpaired) electrons. The van der Waals surface area contributed by atoms with Crippen molar-refractivity contribution >= 4 is 27.5 Å². The normalized spacial score (nSPS) is 11.3. The summed E-state index contributed by atoms with van der Waals surface area (Å²) in [4.78, 5) is 31.4. The van der Waals surface area contributed by atoms with Crippen LogP contribution in [0.15, 0.2) is 41.5 Å². The fourth-order valence-corrected chi connectivity index (χ4v) is 4.18. The van der Waals surface area contributed by atoms with E-state index >= 15 is 0 Å². The van der Waals surface area contributed by atoms with Crippen molar-refractivity contribution in [1.29, 1.82) is 0 Å². The number of ether oxygens (including phenoxy) is 1. The minimum atomic E-state index is -0.101. The summed E-state index contributed by atoms with van der Waals surface area (Å²) in [5.74, 6) is -0.0775. The molecule has 0 aliphatic rings. The first-order chi connectivity index (χ1) is 14.0. The lowest BCUT2D eigenvalue weighted by molar-refractivity contribution is -0.121. The number of hydrogen-bond acceptors (Lipinski definition) is 5. The highest BCUT2D eigenvalue weighted by atomic mass is 32.1. The molecule has 0 aliphatic carbocycles. The number of thiophene rings is 1. The molecular formula is C22H27N3O3S. The molecular weight excluding hydrogens is 386 g/mol. The third-order valence-electron chi connectivity index (χ3n) is 4.59. The van der Waals surface area contributed by atoms with Crippen molar-refractivity contribution in [2.45, 2.75) is 46.3 Å². The zero-order valence-corrected chi connectivity index (χ0v) is 17.9. The molecule has 29 heavy (non-hydrogen) atoms. The molecule has 1 amide bonds. The standard InChI is InChI=1S/C22H27N3O3S/c1-15(2)28-13-7-11-23-18(26)10-12-25-14-24-21-20(22(25)27)19(16(3)29-21)17-8-5-4-6-9-17/h4-6,8-9,14-15H,7,10-13H2,1-3H3,(H,23,26). The van der Waals surface area contributed by atoms with Gasteiger partial charge in [-0.25, -0.2) is 4.98 Å². The Labute approximate surface area is 174 Å². The molecule has 1 N–H and O–H groups in total. The van der Waals surface area contributed by atoms with Crippen molar-refractivity contribution in [2.75, 3.05) is 13.2 Å². The van der Waals surface area contributed by atoms with E-state index < -0.39 is 0 Å². The van der Waals surface area contributed by atoms with Crippen molar-refractivity contribution < 1.29 is 9.53 Å². The molecule has 0 atom stereocenters. The molecule has 0 saturated heterocycles. The van der Waals surface area contributed by atoms with E-state index in [0.717, 1.165) is 27.3 Å². The van der Waals surface area contributed by atoms with Gasteiger partial charge in [0, 0.05) is 36.6 Å². The number of benzene rings is 1. The molecule has 0 unspecified atom stereocenters. The number of nitrogens with one attached hydrogen (secondary N) is 1. The highest BCUT2D eigenvalue weighted by Crippen LogP contribution is 2.35. The van der Waals surface area contributed by atoms with Gasteiger partial charge in [0.2, 0.25) is 5.91 Å². The summed E-state index contributed by atoms with van der Waals surface area (Å²) < 4.78 is 6.99. The Bertz CT molecular complexity index is 1020. The first-order valence-electron chi connectivity index (χ1n) is 9.89. The third-order valence-corrected chi connectivity index (χ3v) is 5.60. The zero-order chi connectivity index (χ0) is 20.8. The average molecular weight is 414 g/mol. The van der Waals surface area contributed by atoms with Crippen molar-refractivity contribution in [1.82, 2.24) is 14.9 Å². The lowest BCUT2D eigenvalue weighted by atomic mass is 10.0. The van der Waals surface area contributed by atoms with Crippen molar-refractivity contribution in [3.8, 4) is 11.1 Å². The number of hydrogen-bond donors (Lipinski definition) is 1. The summed E-state index contributed by atoms with van der Waals surface area (Å²) in [6, 6.07) is 9.88. The van der Waals surface area contributed by atoms with Gasteiger partial charge in [-0.05, 0) is 32.8 Å². The van der Waals surface area contributed by atoms with Crippen LogP contribution in [0.25, 0.3) is 21.3 Å². The molecule has 0 spiro atoms. The van der Waals surface area contributed by atoms with Gasteiger partial charge in [-0.3, -0.25) is 14.2 Å². The maximum atomic E-state index is 13.1. The Balaban J connectivity index is 1.69. The van der Waals surface area contributed by atoms with Gasteiger partial charge in [-0.15, -0.1) is 11.3 Å². The first kappa shape index (κ1) is 21.2. The highest BCUT2D eigenvalue weighted by Gasteiger charge is 2.17. The smallest absolute Gasteiger partial charge is 0.262 e. The van der Waals surface area contributed by atoms with Gasteiger partial charge >= 0.3 is 0 Å². The molecule has 154 valence electrons. The predicted molar refractivity (Wildman–Crippen MR) is 117 cm³/mol. The number of aromatic nitrogens is 2. The molecule has 3 aromatic rings. The van der Waals surface area contributed by atoms with E-state index in [1.807, 2.05) is 51.1 Å². The number of amides is 1. The summed E-state index contributed by atoms with van der Waals surface area (Å²) in [5.41, 5.74) is 1.85. The second-order valence-electron chi connectivity index (χ2n) is 7.20. The molecule has 2 aromatic heterocycles. The van der Waals surface area contributed by atoms with Crippen molar-refractivity contribution in [3.05, 3.63) is 51.9 Å². The number of aryl methyl sites for hydroxylation is 2. The molecule has 2 heterocycles. The molecule has 0 saturated carbocycles. The van der Waals surface area contributed by atoms with Gasteiger partial charge in [-0.2, -0.15) is 0 Å². The van der Waals surface area contributed by atoms with Crippen LogP contribution in [-0.4, -0.2) is 34.7 Å². The SMILES string of the molecule is Cc1sc2ncn(CCC(=O)NCCCOC(C)C)c(=O)c2c1-c1ccccc1. The van der Waals surface area contributed by atoms with Gasteiger partial charge in [0.15, 0.2) is 0 Å². The van der Waals surface area contributed by atoms with Crippen LogP contribution in [0.2, 0.25) is 0 Å². The fourth-order valence-electron chi connectivity index (χ4n) is 3.18. The Morgan fingerprint density at radius 2 is 2.03 bits per heavy atom. The Kier molecular flexibility index (Phi) is 7.17. The maximum Gasteiger partial charge on any atom is 0.262 e. The van der Waals surface area contributed by atoms with Gasteiger partial charge in [-0.1, -0.05) is 30.3 Å². The quantitative estimate of drug-likeness (QED) is 0.542. The minimum Gasteiger partial charge on any atom is -0.379 e. The van der Waals surface area contributed by atoms with Crippen LogP contribution < -0.4 is 10.9 Å². The van der Waals surface area contributed by atoms with E-state index in [1.54, 1.807) is 6.33 Å². The lowest BCUT2D eigenvalue weighted by Crippen LogP contribution is -2.28. The monoisotopic (exact) mass is 413 g/mol. The predicted octanol–water partition coefficient (Wildman–Crippen LogP) is 3.75. The van der Waals surface area contributed by atoms with Crippen molar-refractivity contribution in [3.63, 3.8) is 0 Å². The molecule has 1 aromatic carbocycles. The summed E-state index contributed by atoms with van der Waals surface area (Å²) in [6.07, 6.45) is 2.74.